The van der Waals surface area contributed by atoms with Crippen molar-refractivity contribution in [1.29, 1.82) is 0 Å². The molecule has 4 heteroatoms. The van der Waals surface area contributed by atoms with E-state index < -0.39 is 0 Å². The second-order valence-corrected chi connectivity index (χ2v) is 6.40. The highest BCUT2D eigenvalue weighted by atomic mass is 35.5. The van der Waals surface area contributed by atoms with Crippen molar-refractivity contribution in [2.75, 3.05) is 11.4 Å². The van der Waals surface area contributed by atoms with E-state index in [0.29, 0.717) is 11.9 Å². The summed E-state index contributed by atoms with van der Waals surface area (Å²) in [5.74, 6) is 2.28. The summed E-state index contributed by atoms with van der Waals surface area (Å²) < 4.78 is 0. The first-order valence-electron chi connectivity index (χ1n) is 7.26. The minimum absolute atomic E-state index is 0.471. The SMILES string of the molecule is ClCc1cnc(N2CCC[C@H]3CCCC[C@H]32)c(Cl)c1. The molecule has 0 unspecified atom stereocenters. The number of hydrogen-bond donors (Lipinski definition) is 0. The van der Waals surface area contributed by atoms with E-state index in [1.807, 2.05) is 12.3 Å². The number of nitrogens with zero attached hydrogens (tertiary/aromatic N) is 2. The Morgan fingerprint density at radius 2 is 2.00 bits per heavy atom. The normalized spacial score (nSPS) is 27.2. The molecule has 1 aliphatic carbocycles. The maximum absolute atomic E-state index is 6.41. The summed E-state index contributed by atoms with van der Waals surface area (Å²) in [4.78, 5) is 7.03. The van der Waals surface area contributed by atoms with Crippen LogP contribution in [0, 0.1) is 5.92 Å². The van der Waals surface area contributed by atoms with Gasteiger partial charge >= 0.3 is 0 Å². The number of rotatable bonds is 2. The summed E-state index contributed by atoms with van der Waals surface area (Å²) in [5, 5.41) is 0.754. The van der Waals surface area contributed by atoms with E-state index in [2.05, 4.69) is 9.88 Å². The second-order valence-electron chi connectivity index (χ2n) is 5.73. The van der Waals surface area contributed by atoms with Crippen LogP contribution in [0.1, 0.15) is 44.1 Å². The molecule has 0 aromatic carbocycles. The average Bonchev–Trinajstić information content (AvgIpc) is 2.46. The average molecular weight is 299 g/mol. The van der Waals surface area contributed by atoms with E-state index in [-0.39, 0.29) is 0 Å². The Morgan fingerprint density at radius 3 is 2.79 bits per heavy atom. The van der Waals surface area contributed by atoms with Crippen LogP contribution in [0.4, 0.5) is 5.82 Å². The van der Waals surface area contributed by atoms with Crippen molar-refractivity contribution in [2.24, 2.45) is 5.92 Å². The minimum Gasteiger partial charge on any atom is -0.352 e. The van der Waals surface area contributed by atoms with Crippen molar-refractivity contribution >= 4 is 29.0 Å². The molecular weight excluding hydrogens is 279 g/mol. The number of anilines is 1. The van der Waals surface area contributed by atoms with Gasteiger partial charge < -0.3 is 4.90 Å². The molecule has 1 aromatic heterocycles. The van der Waals surface area contributed by atoms with Gasteiger partial charge in [0.25, 0.3) is 0 Å². The van der Waals surface area contributed by atoms with Gasteiger partial charge in [-0.1, -0.05) is 24.4 Å². The number of pyridine rings is 1. The quantitative estimate of drug-likeness (QED) is 0.740. The Balaban J connectivity index is 1.87. The van der Waals surface area contributed by atoms with Crippen molar-refractivity contribution in [3.63, 3.8) is 0 Å². The number of halogens is 2. The standard InChI is InChI=1S/C15H20Cl2N2/c16-9-11-8-13(17)15(18-10-11)19-7-3-5-12-4-1-2-6-14(12)19/h8,10,12,14H,1-7,9H2/t12-,14-/m1/s1. The summed E-state index contributed by atoms with van der Waals surface area (Å²) in [6, 6.07) is 2.61. The molecule has 0 bridgehead atoms. The predicted molar refractivity (Wildman–Crippen MR) is 81.1 cm³/mol. The van der Waals surface area contributed by atoms with Crippen LogP contribution in [-0.2, 0) is 5.88 Å². The zero-order valence-electron chi connectivity index (χ0n) is 11.1. The summed E-state index contributed by atoms with van der Waals surface area (Å²) in [6.07, 6.45) is 9.89. The van der Waals surface area contributed by atoms with Crippen LogP contribution in [0.15, 0.2) is 12.3 Å². The number of fused-ring (bicyclic) bond motifs is 1. The molecule has 0 N–H and O–H groups in total. The molecule has 1 saturated heterocycles. The first kappa shape index (κ1) is 13.5. The summed E-state index contributed by atoms with van der Waals surface area (Å²) in [6.45, 7) is 1.09. The van der Waals surface area contributed by atoms with Gasteiger partial charge in [0, 0.05) is 24.7 Å². The first-order chi connectivity index (χ1) is 9.29. The maximum atomic E-state index is 6.41. The molecule has 0 amide bonds. The highest BCUT2D eigenvalue weighted by Crippen LogP contribution is 2.39. The molecule has 2 atom stereocenters. The molecule has 19 heavy (non-hydrogen) atoms. The van der Waals surface area contributed by atoms with Crippen LogP contribution in [0.25, 0.3) is 0 Å². The number of alkyl halides is 1. The van der Waals surface area contributed by atoms with Gasteiger partial charge in [-0.2, -0.15) is 0 Å². The van der Waals surface area contributed by atoms with Gasteiger partial charge in [0.2, 0.25) is 0 Å². The van der Waals surface area contributed by atoms with Crippen molar-refractivity contribution in [3.05, 3.63) is 22.8 Å². The van der Waals surface area contributed by atoms with Crippen LogP contribution in [-0.4, -0.2) is 17.6 Å². The molecule has 1 aromatic rings. The topological polar surface area (TPSA) is 16.1 Å². The van der Waals surface area contributed by atoms with Crippen LogP contribution in [0.2, 0.25) is 5.02 Å². The van der Waals surface area contributed by atoms with Gasteiger partial charge in [-0.25, -0.2) is 4.98 Å². The smallest absolute Gasteiger partial charge is 0.147 e. The Morgan fingerprint density at radius 1 is 1.21 bits per heavy atom. The van der Waals surface area contributed by atoms with E-state index >= 15 is 0 Å². The van der Waals surface area contributed by atoms with Gasteiger partial charge in [-0.05, 0) is 43.2 Å². The lowest BCUT2D eigenvalue weighted by Crippen LogP contribution is -2.47. The third-order valence-electron chi connectivity index (χ3n) is 4.55. The van der Waals surface area contributed by atoms with Crippen LogP contribution >= 0.6 is 23.2 Å². The third-order valence-corrected chi connectivity index (χ3v) is 5.13. The first-order valence-corrected chi connectivity index (χ1v) is 8.18. The Bertz CT molecular complexity index is 448. The van der Waals surface area contributed by atoms with E-state index in [4.69, 9.17) is 23.2 Å². The van der Waals surface area contributed by atoms with Gasteiger partial charge in [0.1, 0.15) is 5.82 Å². The lowest BCUT2D eigenvalue weighted by Gasteiger charge is -2.45. The minimum atomic E-state index is 0.471. The molecule has 0 radical (unpaired) electrons. The van der Waals surface area contributed by atoms with Gasteiger partial charge in [-0.3, -0.25) is 0 Å². The Kier molecular flexibility index (Phi) is 4.18. The van der Waals surface area contributed by atoms with Crippen LogP contribution in [0.3, 0.4) is 0 Å². The zero-order valence-corrected chi connectivity index (χ0v) is 12.6. The van der Waals surface area contributed by atoms with E-state index in [9.17, 15) is 0 Å². The summed E-state index contributed by atoms with van der Waals surface area (Å²) in [5.41, 5.74) is 0.993. The third kappa shape index (κ3) is 2.71. The summed E-state index contributed by atoms with van der Waals surface area (Å²) in [7, 11) is 0. The molecular formula is C15H20Cl2N2. The second kappa shape index (κ2) is 5.88. The fourth-order valence-corrected chi connectivity index (χ4v) is 4.09. The monoisotopic (exact) mass is 298 g/mol. The predicted octanol–water partition coefficient (Wildman–Crippen LogP) is 4.63. The highest BCUT2D eigenvalue weighted by Gasteiger charge is 2.34. The van der Waals surface area contributed by atoms with Crippen LogP contribution < -0.4 is 4.90 Å². The molecule has 1 aliphatic heterocycles. The van der Waals surface area contributed by atoms with Crippen molar-refractivity contribution < 1.29 is 0 Å². The molecule has 2 nitrogen and oxygen atoms in total. The molecule has 1 saturated carbocycles. The van der Waals surface area contributed by atoms with Crippen LogP contribution in [0.5, 0.6) is 0 Å². The lowest BCUT2D eigenvalue weighted by molar-refractivity contribution is 0.243. The van der Waals surface area contributed by atoms with Crippen molar-refractivity contribution in [2.45, 2.75) is 50.4 Å². The Hall–Kier alpha value is -0.470. The van der Waals surface area contributed by atoms with E-state index in [1.165, 1.54) is 38.5 Å². The zero-order chi connectivity index (χ0) is 13.2. The van der Waals surface area contributed by atoms with Crippen molar-refractivity contribution in [3.8, 4) is 0 Å². The largest absolute Gasteiger partial charge is 0.352 e. The molecule has 2 fully saturated rings. The Labute approximate surface area is 125 Å². The fraction of sp³-hybridized carbons (Fsp3) is 0.667. The maximum Gasteiger partial charge on any atom is 0.147 e. The lowest BCUT2D eigenvalue weighted by atomic mass is 9.78. The number of hydrogen-bond acceptors (Lipinski definition) is 2. The molecule has 104 valence electrons. The van der Waals surface area contributed by atoms with Crippen molar-refractivity contribution in [1.82, 2.24) is 4.98 Å². The van der Waals surface area contributed by atoms with Gasteiger partial charge in [0.05, 0.1) is 5.02 Å². The number of piperidine rings is 1. The highest BCUT2D eigenvalue weighted by molar-refractivity contribution is 6.33. The van der Waals surface area contributed by atoms with E-state index in [0.717, 1.165) is 28.9 Å². The summed E-state index contributed by atoms with van der Waals surface area (Å²) >= 11 is 12.2. The van der Waals surface area contributed by atoms with E-state index in [1.54, 1.807) is 0 Å². The fourth-order valence-electron chi connectivity index (χ4n) is 3.64. The number of aromatic nitrogens is 1. The van der Waals surface area contributed by atoms with Gasteiger partial charge in [-0.15, -0.1) is 11.6 Å². The van der Waals surface area contributed by atoms with Gasteiger partial charge in [0.15, 0.2) is 0 Å². The molecule has 0 spiro atoms. The molecule has 2 aliphatic rings. The molecule has 3 rings (SSSR count). The molecule has 2 heterocycles.